The lowest BCUT2D eigenvalue weighted by atomic mass is 10.1. The summed E-state index contributed by atoms with van der Waals surface area (Å²) in [6, 6.07) is 5.69. The van der Waals surface area contributed by atoms with E-state index >= 15 is 0 Å². The summed E-state index contributed by atoms with van der Waals surface area (Å²) in [5, 5.41) is 2.48. The van der Waals surface area contributed by atoms with Crippen molar-refractivity contribution in [1.29, 1.82) is 0 Å². The van der Waals surface area contributed by atoms with Crippen LogP contribution < -0.4 is 5.32 Å². The third-order valence-corrected chi connectivity index (χ3v) is 2.56. The highest BCUT2D eigenvalue weighted by Crippen LogP contribution is 2.13. The van der Waals surface area contributed by atoms with Gasteiger partial charge in [-0.2, -0.15) is 0 Å². The zero-order chi connectivity index (χ0) is 12.8. The fourth-order valence-electron chi connectivity index (χ4n) is 1.65. The van der Waals surface area contributed by atoms with Crippen molar-refractivity contribution in [3.05, 3.63) is 53.9 Å². The van der Waals surface area contributed by atoms with Crippen molar-refractivity contribution in [2.24, 2.45) is 0 Å². The molecule has 0 fully saturated rings. The highest BCUT2D eigenvalue weighted by molar-refractivity contribution is 5.84. The maximum atomic E-state index is 12.9. The second-order valence-corrected chi connectivity index (χ2v) is 4.00. The molecule has 0 heterocycles. The van der Waals surface area contributed by atoms with Crippen molar-refractivity contribution in [2.45, 2.75) is 12.8 Å². The first-order valence-corrected chi connectivity index (χ1v) is 5.78. The lowest BCUT2D eigenvalue weighted by Crippen LogP contribution is -2.15. The number of rotatable bonds is 3. The van der Waals surface area contributed by atoms with Crippen LogP contribution in [-0.4, -0.2) is 12.7 Å². The van der Waals surface area contributed by atoms with Crippen LogP contribution in [-0.2, 0) is 4.74 Å². The third-order valence-electron chi connectivity index (χ3n) is 2.56. The fourth-order valence-corrected chi connectivity index (χ4v) is 1.65. The summed E-state index contributed by atoms with van der Waals surface area (Å²) in [7, 11) is 0. The second-order valence-electron chi connectivity index (χ2n) is 4.00. The van der Waals surface area contributed by atoms with Crippen molar-refractivity contribution in [2.75, 3.05) is 11.9 Å². The van der Waals surface area contributed by atoms with Gasteiger partial charge in [0.2, 0.25) is 0 Å². The molecule has 2 rings (SSSR count). The minimum Gasteiger partial charge on any atom is -0.445 e. The molecule has 0 spiro atoms. The van der Waals surface area contributed by atoms with Crippen molar-refractivity contribution in [3.63, 3.8) is 0 Å². The quantitative estimate of drug-likeness (QED) is 0.885. The largest absolute Gasteiger partial charge is 0.445 e. The van der Waals surface area contributed by atoms with E-state index < -0.39 is 11.9 Å². The number of anilines is 1. The first-order chi connectivity index (χ1) is 8.74. The Morgan fingerprint density at radius 2 is 2.33 bits per heavy atom. The molecule has 0 saturated carbocycles. The van der Waals surface area contributed by atoms with Gasteiger partial charge in [0, 0.05) is 5.69 Å². The third kappa shape index (κ3) is 3.73. The summed E-state index contributed by atoms with van der Waals surface area (Å²) >= 11 is 0. The fraction of sp³-hybridized carbons (Fsp3) is 0.214. The molecule has 1 amide bonds. The van der Waals surface area contributed by atoms with E-state index in [1.807, 2.05) is 12.2 Å². The SMILES string of the molecule is O=C(Nc1cccc(F)c1)OCC1=CC=CCC1. The number of allylic oxidation sites excluding steroid dienone is 3. The van der Waals surface area contributed by atoms with Crippen LogP contribution >= 0.6 is 0 Å². The molecular weight excluding hydrogens is 233 g/mol. The number of hydrogen-bond acceptors (Lipinski definition) is 2. The molecule has 0 aliphatic heterocycles. The Labute approximate surface area is 105 Å². The highest BCUT2D eigenvalue weighted by Gasteiger charge is 2.06. The number of nitrogens with one attached hydrogen (secondary N) is 1. The Kier molecular flexibility index (Phi) is 4.12. The minimum atomic E-state index is -0.573. The first kappa shape index (κ1) is 12.4. The van der Waals surface area contributed by atoms with Crippen molar-refractivity contribution in [3.8, 4) is 0 Å². The van der Waals surface area contributed by atoms with Gasteiger partial charge >= 0.3 is 6.09 Å². The van der Waals surface area contributed by atoms with Gasteiger partial charge in [0.1, 0.15) is 12.4 Å². The molecule has 4 heteroatoms. The van der Waals surface area contributed by atoms with E-state index in [4.69, 9.17) is 4.74 Å². The summed E-state index contributed by atoms with van der Waals surface area (Å²) in [5.41, 5.74) is 1.46. The molecule has 94 valence electrons. The molecule has 1 N–H and O–H groups in total. The normalized spacial score (nSPS) is 13.9. The van der Waals surface area contributed by atoms with Crippen LogP contribution in [0.2, 0.25) is 0 Å². The van der Waals surface area contributed by atoms with Gasteiger partial charge in [0.15, 0.2) is 0 Å². The van der Waals surface area contributed by atoms with E-state index in [0.717, 1.165) is 18.4 Å². The Hall–Kier alpha value is -2.10. The zero-order valence-corrected chi connectivity index (χ0v) is 9.86. The van der Waals surface area contributed by atoms with Crippen molar-refractivity contribution >= 4 is 11.8 Å². The summed E-state index contributed by atoms with van der Waals surface area (Å²) in [6.45, 7) is 0.269. The topological polar surface area (TPSA) is 38.3 Å². The van der Waals surface area contributed by atoms with Crippen LogP contribution in [0.1, 0.15) is 12.8 Å². The molecule has 1 aliphatic rings. The van der Waals surface area contributed by atoms with Crippen LogP contribution in [0.25, 0.3) is 0 Å². The van der Waals surface area contributed by atoms with Crippen molar-refractivity contribution in [1.82, 2.24) is 0 Å². The van der Waals surface area contributed by atoms with Gasteiger partial charge in [-0.05, 0) is 36.6 Å². The van der Waals surface area contributed by atoms with Crippen LogP contribution in [0.4, 0.5) is 14.9 Å². The van der Waals surface area contributed by atoms with Gasteiger partial charge in [-0.15, -0.1) is 0 Å². The molecule has 0 bridgehead atoms. The molecule has 0 unspecified atom stereocenters. The lowest BCUT2D eigenvalue weighted by Gasteiger charge is -2.10. The highest BCUT2D eigenvalue weighted by atomic mass is 19.1. The Morgan fingerprint density at radius 1 is 1.44 bits per heavy atom. The monoisotopic (exact) mass is 247 g/mol. The second kappa shape index (κ2) is 6.00. The zero-order valence-electron chi connectivity index (χ0n) is 9.86. The van der Waals surface area contributed by atoms with E-state index in [0.29, 0.717) is 5.69 Å². The van der Waals surface area contributed by atoms with E-state index in [2.05, 4.69) is 11.4 Å². The number of benzene rings is 1. The summed E-state index contributed by atoms with van der Waals surface area (Å²) in [6.07, 6.45) is 7.27. The molecule has 1 aliphatic carbocycles. The maximum Gasteiger partial charge on any atom is 0.411 e. The van der Waals surface area contributed by atoms with Crippen molar-refractivity contribution < 1.29 is 13.9 Å². The molecule has 1 aromatic carbocycles. The molecule has 3 nitrogen and oxygen atoms in total. The Morgan fingerprint density at radius 3 is 3.06 bits per heavy atom. The van der Waals surface area contributed by atoms with Crippen LogP contribution in [0.3, 0.4) is 0 Å². The summed E-state index contributed by atoms with van der Waals surface area (Å²) < 4.78 is 17.9. The smallest absolute Gasteiger partial charge is 0.411 e. The van der Waals surface area contributed by atoms with Gasteiger partial charge in [0.25, 0.3) is 0 Å². The number of ether oxygens (including phenoxy) is 1. The molecule has 0 saturated heterocycles. The van der Waals surface area contributed by atoms with E-state index in [-0.39, 0.29) is 6.61 Å². The predicted molar refractivity (Wildman–Crippen MR) is 67.8 cm³/mol. The molecular formula is C14H14FNO2. The molecule has 18 heavy (non-hydrogen) atoms. The number of hydrogen-bond donors (Lipinski definition) is 1. The molecule has 0 radical (unpaired) electrons. The number of carbonyl (C=O) groups excluding carboxylic acids is 1. The number of halogens is 1. The van der Waals surface area contributed by atoms with Gasteiger partial charge < -0.3 is 4.74 Å². The number of carbonyl (C=O) groups is 1. The van der Waals surface area contributed by atoms with Crippen LogP contribution in [0.15, 0.2) is 48.1 Å². The van der Waals surface area contributed by atoms with Gasteiger partial charge in [-0.3, -0.25) is 5.32 Å². The predicted octanol–water partition coefficient (Wildman–Crippen LogP) is 3.65. The number of amides is 1. The molecule has 0 aromatic heterocycles. The standard InChI is InChI=1S/C14H14FNO2/c15-12-7-4-8-13(9-12)16-14(17)18-10-11-5-2-1-3-6-11/h1-2,4-5,7-9H,3,6,10H2,(H,16,17). The average Bonchev–Trinajstić information content (AvgIpc) is 2.38. The van der Waals surface area contributed by atoms with E-state index in [1.54, 1.807) is 6.07 Å². The lowest BCUT2D eigenvalue weighted by molar-refractivity contribution is 0.170. The molecule has 0 atom stereocenters. The summed E-state index contributed by atoms with van der Waals surface area (Å²) in [5.74, 6) is -0.395. The average molecular weight is 247 g/mol. The maximum absolute atomic E-state index is 12.9. The Bertz CT molecular complexity index is 494. The first-order valence-electron chi connectivity index (χ1n) is 5.78. The van der Waals surface area contributed by atoms with Gasteiger partial charge in [-0.1, -0.05) is 24.3 Å². The van der Waals surface area contributed by atoms with E-state index in [9.17, 15) is 9.18 Å². The molecule has 1 aromatic rings. The summed E-state index contributed by atoms with van der Waals surface area (Å²) in [4.78, 5) is 11.5. The van der Waals surface area contributed by atoms with Gasteiger partial charge in [-0.25, -0.2) is 9.18 Å². The van der Waals surface area contributed by atoms with Crippen LogP contribution in [0.5, 0.6) is 0 Å². The Balaban J connectivity index is 1.82. The van der Waals surface area contributed by atoms with Gasteiger partial charge in [0.05, 0.1) is 0 Å². The van der Waals surface area contributed by atoms with E-state index in [1.165, 1.54) is 18.2 Å². The minimum absolute atomic E-state index is 0.269. The van der Waals surface area contributed by atoms with Crippen LogP contribution in [0, 0.1) is 5.82 Å².